The molecule has 2 aliphatic carbocycles. The van der Waals surface area contributed by atoms with Crippen molar-refractivity contribution in [1.29, 1.82) is 0 Å². The van der Waals surface area contributed by atoms with Crippen LogP contribution in [0.3, 0.4) is 0 Å². The molecular formula is C68H71FN6O14. The fraction of sp³-hybridized carbons (Fsp3) is 0.397. The summed E-state index contributed by atoms with van der Waals surface area (Å²) < 4.78 is 33.3. The van der Waals surface area contributed by atoms with Crippen LogP contribution in [0.15, 0.2) is 95.8 Å². The number of Topliss-reactive ketones (excluding diaryl/α,β-unsaturated/α-hetero) is 3. The highest BCUT2D eigenvalue weighted by Gasteiger charge is 2.46. The van der Waals surface area contributed by atoms with Gasteiger partial charge in [-0.25, -0.2) is 19.0 Å². The number of amides is 4. The Hall–Kier alpha value is -9.24. The van der Waals surface area contributed by atoms with E-state index in [0.717, 1.165) is 33.4 Å². The lowest BCUT2D eigenvalue weighted by atomic mass is 9.81. The number of carbonyl (C=O) groups excluding carboxylic acids is 9. The van der Waals surface area contributed by atoms with E-state index < -0.39 is 108 Å². The molecule has 0 unspecified atom stereocenters. The molecule has 4 aliphatic rings. The number of esters is 2. The highest BCUT2D eigenvalue weighted by molar-refractivity contribution is 5.96. The van der Waals surface area contributed by atoms with E-state index in [1.807, 2.05) is 48.5 Å². The molecule has 4 atom stereocenters. The second kappa shape index (κ2) is 26.2. The van der Waals surface area contributed by atoms with Gasteiger partial charge in [-0.1, -0.05) is 85.8 Å². The lowest BCUT2D eigenvalue weighted by molar-refractivity contribution is -0.172. The van der Waals surface area contributed by atoms with Gasteiger partial charge in [0.1, 0.15) is 30.7 Å². The van der Waals surface area contributed by atoms with Crippen molar-refractivity contribution in [2.24, 2.45) is 5.92 Å². The summed E-state index contributed by atoms with van der Waals surface area (Å²) in [6, 6.07) is 25.4. The molecule has 0 bridgehead atoms. The van der Waals surface area contributed by atoms with Gasteiger partial charge in [-0.05, 0) is 110 Å². The van der Waals surface area contributed by atoms with E-state index >= 15 is 4.39 Å². The third-order valence-corrected chi connectivity index (χ3v) is 17.1. The molecule has 4 heterocycles. The first-order valence-electron chi connectivity index (χ1n) is 30.1. The zero-order valence-corrected chi connectivity index (χ0v) is 50.3. The number of ketones is 3. The Bertz CT molecular complexity index is 3880. The molecule has 6 aromatic rings. The van der Waals surface area contributed by atoms with E-state index in [0.29, 0.717) is 51.8 Å². The van der Waals surface area contributed by atoms with Gasteiger partial charge < -0.3 is 45.2 Å². The standard InChI is InChI=1S/C68H71FN6O14/c1-6-68(86)50-29-55-62-47(34-75(55)64(83)49(50)36-87-65(68)84)61-52(24-23-42-37(2)51(69)30-54(73-62)60(42)61)72-58(80)22-14-17-40(76)32-71-63(82)39(27-38-15-8-7-9-16-38)28-41(77)33-70-57(79)26-25-56(78)53(31-59(81)89-67(3,4)5)74-66(85)88-35-48-45-20-12-10-18-43(45)44-19-11-13-21-46(44)48/h7-13,15-16,18-21,29-30,39,48,52-53,86H,6,14,17,22-28,31-36H2,1-5H3,(H,70,79)(H,71,82)(H,72,80)(H,74,85)/t39-,52+,53+,68+/m1/s1. The lowest BCUT2D eigenvalue weighted by Crippen LogP contribution is -2.44. The first kappa shape index (κ1) is 62.8. The van der Waals surface area contributed by atoms with Gasteiger partial charge in [-0.3, -0.25) is 38.4 Å². The van der Waals surface area contributed by atoms with Gasteiger partial charge in [0, 0.05) is 66.5 Å². The first-order valence-corrected chi connectivity index (χ1v) is 30.1. The normalized spacial score (nSPS) is 16.7. The summed E-state index contributed by atoms with van der Waals surface area (Å²) in [6.07, 6.45) is -1.72. The SMILES string of the molecule is CC[C@@]1(O)C(=O)OCc2c1cc1n(c2=O)Cc2c-1nc1cc(F)c(C)c3c1c2[C@@H](NC(=O)CCCC(=O)CNC(=O)[C@@H](CC(=O)CNC(=O)CCC(=O)[C@H](CC(=O)OC(C)(C)C)NC(=O)OCC1c2ccccc2-c2ccccc21)Cc1ccccc1)CC3. The topological polar surface area (TPSA) is 285 Å². The minimum atomic E-state index is -2.05. The van der Waals surface area contributed by atoms with E-state index in [1.54, 1.807) is 71.0 Å². The van der Waals surface area contributed by atoms with Crippen molar-refractivity contribution in [3.05, 3.63) is 157 Å². The lowest BCUT2D eigenvalue weighted by Gasteiger charge is -2.31. The molecule has 21 heteroatoms. The van der Waals surface area contributed by atoms with Gasteiger partial charge >= 0.3 is 18.0 Å². The van der Waals surface area contributed by atoms with Crippen LogP contribution in [0.5, 0.6) is 0 Å². The number of aryl methyl sites for hydroxylation is 1. The van der Waals surface area contributed by atoms with Gasteiger partial charge in [-0.2, -0.15) is 0 Å². The van der Waals surface area contributed by atoms with Crippen molar-refractivity contribution in [2.75, 3.05) is 19.7 Å². The van der Waals surface area contributed by atoms with Crippen molar-refractivity contribution in [3.8, 4) is 22.5 Å². The molecule has 4 aromatic carbocycles. The molecule has 5 N–H and O–H groups in total. The Balaban J connectivity index is 0.713. The number of carbonyl (C=O) groups is 9. The molecule has 4 amide bonds. The van der Waals surface area contributed by atoms with Crippen LogP contribution in [0.2, 0.25) is 0 Å². The van der Waals surface area contributed by atoms with Crippen LogP contribution < -0.4 is 26.8 Å². The Kier molecular flexibility index (Phi) is 18.5. The highest BCUT2D eigenvalue weighted by Crippen LogP contribution is 2.47. The maximum absolute atomic E-state index is 15.5. The largest absolute Gasteiger partial charge is 0.460 e. The number of benzene rings is 4. The Morgan fingerprint density at radius 3 is 2.20 bits per heavy atom. The average molecular weight is 1220 g/mol. The predicted molar refractivity (Wildman–Crippen MR) is 323 cm³/mol. The molecule has 10 rings (SSSR count). The molecule has 0 spiro atoms. The molecule has 89 heavy (non-hydrogen) atoms. The molecule has 0 saturated heterocycles. The number of fused-ring (bicyclic) bond motifs is 8. The molecule has 2 aromatic heterocycles. The van der Waals surface area contributed by atoms with Crippen LogP contribution in [0.25, 0.3) is 33.4 Å². The summed E-state index contributed by atoms with van der Waals surface area (Å²) in [5.41, 5.74) is 5.15. The van der Waals surface area contributed by atoms with E-state index in [1.165, 1.54) is 10.6 Å². The Morgan fingerprint density at radius 2 is 1.51 bits per heavy atom. The van der Waals surface area contributed by atoms with Crippen molar-refractivity contribution in [3.63, 3.8) is 0 Å². The number of aliphatic hydroxyl groups is 1. The smallest absolute Gasteiger partial charge is 0.407 e. The predicted octanol–water partition coefficient (Wildman–Crippen LogP) is 7.41. The number of rotatable bonds is 24. The zero-order valence-electron chi connectivity index (χ0n) is 50.3. The van der Waals surface area contributed by atoms with E-state index in [9.17, 15) is 53.1 Å². The summed E-state index contributed by atoms with van der Waals surface area (Å²) in [5, 5.41) is 22.9. The van der Waals surface area contributed by atoms with Crippen LogP contribution in [-0.4, -0.2) is 99.1 Å². The van der Waals surface area contributed by atoms with Crippen molar-refractivity contribution >= 4 is 64.0 Å². The minimum absolute atomic E-state index is 0.0488. The number of hydrogen-bond donors (Lipinski definition) is 5. The fourth-order valence-electron chi connectivity index (χ4n) is 12.6. The number of alkyl carbamates (subject to hydrolysis) is 1. The molecule has 0 fully saturated rings. The van der Waals surface area contributed by atoms with Crippen LogP contribution >= 0.6 is 0 Å². The molecule has 464 valence electrons. The summed E-state index contributed by atoms with van der Waals surface area (Å²) >= 11 is 0. The number of nitrogens with one attached hydrogen (secondary N) is 4. The number of halogens is 1. The van der Waals surface area contributed by atoms with Crippen molar-refractivity contribution < 1.29 is 66.9 Å². The number of nitrogens with zero attached hydrogens (tertiary/aromatic N) is 2. The van der Waals surface area contributed by atoms with Gasteiger partial charge in [0.05, 0.1) is 54.6 Å². The second-order valence-electron chi connectivity index (χ2n) is 24.3. The van der Waals surface area contributed by atoms with Crippen LogP contribution in [0.4, 0.5) is 9.18 Å². The Labute approximate surface area is 512 Å². The van der Waals surface area contributed by atoms with Crippen LogP contribution in [0, 0.1) is 18.7 Å². The summed E-state index contributed by atoms with van der Waals surface area (Å²) in [7, 11) is 0. The quantitative estimate of drug-likeness (QED) is 0.0291. The van der Waals surface area contributed by atoms with E-state index in [2.05, 4.69) is 21.3 Å². The van der Waals surface area contributed by atoms with Gasteiger partial charge in [0.15, 0.2) is 23.0 Å². The maximum atomic E-state index is 15.5. The molecule has 2 aliphatic heterocycles. The maximum Gasteiger partial charge on any atom is 0.407 e. The summed E-state index contributed by atoms with van der Waals surface area (Å²) in [4.78, 5) is 139. The average Bonchev–Trinajstić information content (AvgIpc) is 1.64. The molecule has 20 nitrogen and oxygen atoms in total. The van der Waals surface area contributed by atoms with Crippen LogP contribution in [-0.2, 0) is 84.2 Å². The number of pyridine rings is 2. The molecular weight excluding hydrogens is 1140 g/mol. The number of cyclic esters (lactones) is 1. The Morgan fingerprint density at radius 1 is 0.820 bits per heavy atom. The minimum Gasteiger partial charge on any atom is -0.460 e. The fourth-order valence-corrected chi connectivity index (χ4v) is 12.6. The number of aromatic nitrogens is 2. The number of ether oxygens (including phenoxy) is 3. The summed E-state index contributed by atoms with van der Waals surface area (Å²) in [6.45, 7) is 7.10. The molecule has 0 saturated carbocycles. The van der Waals surface area contributed by atoms with E-state index in [4.69, 9.17) is 19.2 Å². The van der Waals surface area contributed by atoms with Crippen molar-refractivity contribution in [1.82, 2.24) is 30.8 Å². The molecule has 0 radical (unpaired) electrons. The third kappa shape index (κ3) is 13.6. The van der Waals surface area contributed by atoms with Crippen molar-refractivity contribution in [2.45, 2.75) is 148 Å². The number of hydrogen-bond acceptors (Lipinski definition) is 15. The van der Waals surface area contributed by atoms with Gasteiger partial charge in [0.2, 0.25) is 17.7 Å². The monoisotopic (exact) mass is 1210 g/mol. The summed E-state index contributed by atoms with van der Waals surface area (Å²) in [5.74, 6) is -6.45. The highest BCUT2D eigenvalue weighted by atomic mass is 19.1. The van der Waals surface area contributed by atoms with Gasteiger partial charge in [-0.15, -0.1) is 0 Å². The second-order valence-corrected chi connectivity index (χ2v) is 24.3. The van der Waals surface area contributed by atoms with Gasteiger partial charge in [0.25, 0.3) is 5.56 Å². The third-order valence-electron chi connectivity index (χ3n) is 17.1. The van der Waals surface area contributed by atoms with E-state index in [-0.39, 0.29) is 93.6 Å². The first-order chi connectivity index (χ1) is 42.5. The zero-order chi connectivity index (χ0) is 63.5. The van der Waals surface area contributed by atoms with Crippen LogP contribution in [0.1, 0.15) is 148 Å².